The molecular formula is C16H20N4O2. The van der Waals surface area contributed by atoms with Gasteiger partial charge in [-0.2, -0.15) is 5.10 Å². The molecule has 0 saturated carbocycles. The van der Waals surface area contributed by atoms with Gasteiger partial charge in [-0.1, -0.05) is 6.07 Å². The minimum absolute atomic E-state index is 0.180. The summed E-state index contributed by atoms with van der Waals surface area (Å²) in [5.41, 5.74) is 3.68. The SMILES string of the molecule is Cn1nccc1CCNC1CCCc2ccc([N+](=O)[O-])cc21. The predicted molar refractivity (Wildman–Crippen MR) is 83.7 cm³/mol. The van der Waals surface area contributed by atoms with Crippen LogP contribution in [0.1, 0.15) is 35.7 Å². The number of hydrogen-bond acceptors (Lipinski definition) is 4. The fraction of sp³-hybridized carbons (Fsp3) is 0.438. The highest BCUT2D eigenvalue weighted by atomic mass is 16.6. The molecule has 0 radical (unpaired) electrons. The molecule has 0 fully saturated rings. The highest BCUT2D eigenvalue weighted by Gasteiger charge is 2.22. The lowest BCUT2D eigenvalue weighted by molar-refractivity contribution is -0.385. The molecule has 116 valence electrons. The first kappa shape index (κ1) is 14.7. The van der Waals surface area contributed by atoms with Gasteiger partial charge in [-0.3, -0.25) is 14.8 Å². The maximum atomic E-state index is 11.0. The monoisotopic (exact) mass is 300 g/mol. The van der Waals surface area contributed by atoms with E-state index >= 15 is 0 Å². The summed E-state index contributed by atoms with van der Waals surface area (Å²) in [5, 5.41) is 18.7. The first-order valence-electron chi connectivity index (χ1n) is 7.62. The van der Waals surface area contributed by atoms with Crippen molar-refractivity contribution in [2.75, 3.05) is 6.54 Å². The summed E-state index contributed by atoms with van der Waals surface area (Å²) in [7, 11) is 1.94. The zero-order valence-corrected chi connectivity index (χ0v) is 12.7. The lowest BCUT2D eigenvalue weighted by atomic mass is 9.87. The maximum Gasteiger partial charge on any atom is 0.269 e. The van der Waals surface area contributed by atoms with E-state index in [1.165, 1.54) is 11.3 Å². The van der Waals surface area contributed by atoms with Gasteiger partial charge in [0.2, 0.25) is 0 Å². The van der Waals surface area contributed by atoms with E-state index in [2.05, 4.69) is 10.4 Å². The van der Waals surface area contributed by atoms with Crippen molar-refractivity contribution >= 4 is 5.69 Å². The third kappa shape index (κ3) is 3.01. The first-order chi connectivity index (χ1) is 10.6. The molecule has 22 heavy (non-hydrogen) atoms. The van der Waals surface area contributed by atoms with Crippen LogP contribution in [-0.4, -0.2) is 21.2 Å². The molecule has 1 aromatic heterocycles. The Labute approximate surface area is 129 Å². The van der Waals surface area contributed by atoms with Crippen LogP contribution in [0.15, 0.2) is 30.5 Å². The van der Waals surface area contributed by atoms with E-state index in [4.69, 9.17) is 0 Å². The highest BCUT2D eigenvalue weighted by molar-refractivity contribution is 5.42. The van der Waals surface area contributed by atoms with Crippen molar-refractivity contribution in [3.8, 4) is 0 Å². The Bertz CT molecular complexity index is 681. The van der Waals surface area contributed by atoms with E-state index in [-0.39, 0.29) is 16.7 Å². The van der Waals surface area contributed by atoms with E-state index in [9.17, 15) is 10.1 Å². The lowest BCUT2D eigenvalue weighted by Gasteiger charge is -2.26. The minimum atomic E-state index is -0.318. The molecule has 0 bridgehead atoms. The number of non-ortho nitro benzene ring substituents is 1. The second-order valence-electron chi connectivity index (χ2n) is 5.74. The molecule has 0 saturated heterocycles. The second kappa shape index (κ2) is 6.27. The molecule has 0 aliphatic heterocycles. The van der Waals surface area contributed by atoms with Gasteiger partial charge in [0, 0.05) is 50.1 Å². The van der Waals surface area contributed by atoms with Crippen molar-refractivity contribution in [2.24, 2.45) is 7.05 Å². The van der Waals surface area contributed by atoms with Crippen LogP contribution in [0.4, 0.5) is 5.69 Å². The molecule has 1 unspecified atom stereocenters. The molecule has 2 aromatic rings. The molecule has 1 aliphatic carbocycles. The van der Waals surface area contributed by atoms with Crippen molar-refractivity contribution in [1.29, 1.82) is 0 Å². The predicted octanol–water partition coefficient (Wildman–Crippen LogP) is 2.54. The number of nitrogens with one attached hydrogen (secondary N) is 1. The lowest BCUT2D eigenvalue weighted by Crippen LogP contribution is -2.27. The minimum Gasteiger partial charge on any atom is -0.310 e. The Hall–Kier alpha value is -2.21. The zero-order chi connectivity index (χ0) is 15.5. The van der Waals surface area contributed by atoms with E-state index < -0.39 is 0 Å². The number of nitro benzene ring substituents is 1. The molecule has 0 spiro atoms. The van der Waals surface area contributed by atoms with Gasteiger partial charge in [0.1, 0.15) is 0 Å². The highest BCUT2D eigenvalue weighted by Crippen LogP contribution is 2.32. The zero-order valence-electron chi connectivity index (χ0n) is 12.7. The van der Waals surface area contributed by atoms with Crippen molar-refractivity contribution in [3.63, 3.8) is 0 Å². The smallest absolute Gasteiger partial charge is 0.269 e. The van der Waals surface area contributed by atoms with Gasteiger partial charge in [0.05, 0.1) is 4.92 Å². The van der Waals surface area contributed by atoms with Crippen LogP contribution in [0, 0.1) is 10.1 Å². The second-order valence-corrected chi connectivity index (χ2v) is 5.74. The van der Waals surface area contributed by atoms with E-state index in [1.54, 1.807) is 18.3 Å². The van der Waals surface area contributed by atoms with Gasteiger partial charge in [0.25, 0.3) is 5.69 Å². The number of aryl methyl sites for hydroxylation is 2. The number of nitro groups is 1. The number of aromatic nitrogens is 2. The van der Waals surface area contributed by atoms with Crippen LogP contribution >= 0.6 is 0 Å². The van der Waals surface area contributed by atoms with Gasteiger partial charge < -0.3 is 5.32 Å². The molecule has 1 heterocycles. The summed E-state index contributed by atoms with van der Waals surface area (Å²) in [4.78, 5) is 10.7. The maximum absolute atomic E-state index is 11.0. The molecule has 1 aliphatic rings. The largest absolute Gasteiger partial charge is 0.310 e. The Morgan fingerprint density at radius 2 is 2.32 bits per heavy atom. The summed E-state index contributed by atoms with van der Waals surface area (Å²) < 4.78 is 1.88. The molecular weight excluding hydrogens is 280 g/mol. The number of nitrogens with zero attached hydrogens (tertiary/aromatic N) is 3. The van der Waals surface area contributed by atoms with Crippen LogP contribution in [0.25, 0.3) is 0 Å². The Balaban J connectivity index is 1.69. The topological polar surface area (TPSA) is 73.0 Å². The number of benzene rings is 1. The Kier molecular flexibility index (Phi) is 4.20. The van der Waals surface area contributed by atoms with Gasteiger partial charge in [-0.25, -0.2) is 0 Å². The Morgan fingerprint density at radius 3 is 3.05 bits per heavy atom. The molecule has 1 atom stereocenters. The normalized spacial score (nSPS) is 17.2. The molecule has 1 aromatic carbocycles. The summed E-state index contributed by atoms with van der Waals surface area (Å²) in [6, 6.07) is 7.47. The quantitative estimate of drug-likeness (QED) is 0.680. The fourth-order valence-electron chi connectivity index (χ4n) is 3.13. The number of rotatable bonds is 5. The summed E-state index contributed by atoms with van der Waals surface area (Å²) in [5.74, 6) is 0. The first-order valence-corrected chi connectivity index (χ1v) is 7.62. The van der Waals surface area contributed by atoms with Crippen molar-refractivity contribution < 1.29 is 4.92 Å². The molecule has 1 N–H and O–H groups in total. The average Bonchev–Trinajstić information content (AvgIpc) is 2.92. The molecule has 6 nitrogen and oxygen atoms in total. The number of fused-ring (bicyclic) bond motifs is 1. The van der Waals surface area contributed by atoms with E-state index in [0.717, 1.165) is 37.8 Å². The van der Waals surface area contributed by atoms with Gasteiger partial charge in [-0.05, 0) is 36.5 Å². The third-order valence-corrected chi connectivity index (χ3v) is 4.35. The van der Waals surface area contributed by atoms with Gasteiger partial charge in [0.15, 0.2) is 0 Å². The summed E-state index contributed by atoms with van der Waals surface area (Å²) in [6.07, 6.45) is 5.85. The van der Waals surface area contributed by atoms with Crippen LogP contribution < -0.4 is 5.32 Å². The third-order valence-electron chi connectivity index (χ3n) is 4.35. The molecule has 6 heteroatoms. The number of hydrogen-bond donors (Lipinski definition) is 1. The van der Waals surface area contributed by atoms with Crippen molar-refractivity contribution in [3.05, 3.63) is 57.4 Å². The Morgan fingerprint density at radius 1 is 1.45 bits per heavy atom. The van der Waals surface area contributed by atoms with Crippen LogP contribution in [0.2, 0.25) is 0 Å². The van der Waals surface area contributed by atoms with Crippen molar-refractivity contribution in [2.45, 2.75) is 31.7 Å². The van der Waals surface area contributed by atoms with E-state index in [0.29, 0.717) is 0 Å². The molecule has 3 rings (SSSR count). The van der Waals surface area contributed by atoms with E-state index in [1.807, 2.05) is 23.9 Å². The fourth-order valence-corrected chi connectivity index (χ4v) is 3.13. The average molecular weight is 300 g/mol. The van der Waals surface area contributed by atoms with Crippen molar-refractivity contribution in [1.82, 2.24) is 15.1 Å². The van der Waals surface area contributed by atoms with Crippen LogP contribution in [-0.2, 0) is 19.9 Å². The standard InChI is InChI=1S/C16H20N4O2/c1-19-13(8-10-18-19)7-9-17-16-4-2-3-12-5-6-14(20(21)22)11-15(12)16/h5-6,8,10-11,16-17H,2-4,7,9H2,1H3. The molecule has 0 amide bonds. The summed E-state index contributed by atoms with van der Waals surface area (Å²) >= 11 is 0. The summed E-state index contributed by atoms with van der Waals surface area (Å²) in [6.45, 7) is 0.840. The van der Waals surface area contributed by atoms with Crippen LogP contribution in [0.5, 0.6) is 0 Å². The van der Waals surface area contributed by atoms with Crippen LogP contribution in [0.3, 0.4) is 0 Å². The van der Waals surface area contributed by atoms with Gasteiger partial charge >= 0.3 is 0 Å². The van der Waals surface area contributed by atoms with Gasteiger partial charge in [-0.15, -0.1) is 0 Å².